The molecule has 0 aromatic carbocycles. The van der Waals surface area contributed by atoms with Crippen molar-refractivity contribution in [3.05, 3.63) is 0 Å². The molecule has 0 amide bonds. The molecule has 0 heterocycles. The van der Waals surface area contributed by atoms with Crippen molar-refractivity contribution < 1.29 is 48.5 Å². The molecule has 0 rings (SSSR count). The van der Waals surface area contributed by atoms with Crippen LogP contribution in [-0.2, 0) is 0 Å². The topological polar surface area (TPSA) is 0 Å². The van der Waals surface area contributed by atoms with E-state index in [0.29, 0.717) is 0 Å². The Hall–Kier alpha value is 2.31. The van der Waals surface area contributed by atoms with E-state index in [0.717, 1.165) is 0 Å². The van der Waals surface area contributed by atoms with Crippen LogP contribution in [0.4, 0.5) is 0 Å². The third-order valence-electron chi connectivity index (χ3n) is 0. The molecule has 0 aromatic heterocycles. The van der Waals surface area contributed by atoms with Crippen LogP contribution < -0.4 is 48.5 Å². The van der Waals surface area contributed by atoms with Gasteiger partial charge in [0, 0.05) is 0 Å². The average molecular weight is 221 g/mol. The van der Waals surface area contributed by atoms with Gasteiger partial charge < -0.3 is 0 Å². The zero-order chi connectivity index (χ0) is 2.71. The molecule has 0 aromatic rings. The first-order valence-corrected chi connectivity index (χ1v) is 5.75. The van der Waals surface area contributed by atoms with Gasteiger partial charge in [-0.2, -0.15) is 0 Å². The normalized spacial score (nSPS) is 5.50. The van der Waals surface area contributed by atoms with Gasteiger partial charge in [0.05, 0.1) is 0 Å². The number of hydrogen-bond acceptors (Lipinski definition) is 0. The molecule has 0 N–H and O–H groups in total. The van der Waals surface area contributed by atoms with E-state index in [1.807, 2.05) is 0 Å². The molecule has 0 aliphatic heterocycles. The molecule has 0 fully saturated rings. The molecular weight excluding hydrogens is 221 g/mol. The van der Waals surface area contributed by atoms with Crippen LogP contribution >= 0.6 is 17.8 Å². The molecule has 4 heteroatoms. The predicted molar refractivity (Wildman–Crippen MR) is 11.7 cm³/mol. The second-order valence-corrected chi connectivity index (χ2v) is 3.26. The van der Waals surface area contributed by atoms with Gasteiger partial charge in [-0.3, -0.25) is 0 Å². The molecule has 22 valence electrons. The Kier molecular flexibility index (Phi) is 21.6. The third-order valence-corrected chi connectivity index (χ3v) is 0. The Morgan fingerprint density at radius 1 is 1.25 bits per heavy atom. The monoisotopic (exact) mass is 220 g/mol. The Balaban J connectivity index is 0. The van der Waals surface area contributed by atoms with Crippen LogP contribution in [-0.4, -0.2) is 0 Å². The molecule has 0 unspecified atom stereocenters. The molecule has 0 aliphatic rings. The van der Waals surface area contributed by atoms with E-state index < -0.39 is 18.9 Å². The molecule has 0 bridgehead atoms. The molecule has 0 saturated carbocycles. The zero-order valence-corrected chi connectivity index (χ0v) is 7.80. The second kappa shape index (κ2) is 9.00. The standard InChI is InChI=1S/Cl2I.Na/c1-3-2;/q-1;+1. The predicted octanol–water partition coefficient (Wildman–Crippen LogP) is -4.61. The first kappa shape index (κ1) is 9.58. The van der Waals surface area contributed by atoms with E-state index in [-0.39, 0.29) is 29.6 Å². The fourth-order valence-corrected chi connectivity index (χ4v) is 0. The summed E-state index contributed by atoms with van der Waals surface area (Å²) in [6.07, 6.45) is 0. The Morgan fingerprint density at radius 2 is 1.25 bits per heavy atom. The molecule has 0 atom stereocenters. The Bertz CT molecular complexity index is 6.00. The van der Waals surface area contributed by atoms with Gasteiger partial charge >= 0.3 is 66.3 Å². The molecule has 4 heavy (non-hydrogen) atoms. The van der Waals surface area contributed by atoms with Gasteiger partial charge in [0.25, 0.3) is 0 Å². The number of hydrogen-bond donors (Lipinski definition) is 0. The molecular formula is Cl2INa. The van der Waals surface area contributed by atoms with Crippen molar-refractivity contribution >= 4 is 17.8 Å². The first-order valence-electron chi connectivity index (χ1n) is 0.286. The summed E-state index contributed by atoms with van der Waals surface area (Å²) in [5.41, 5.74) is 0. The van der Waals surface area contributed by atoms with Crippen LogP contribution in [0.25, 0.3) is 0 Å². The van der Waals surface area contributed by atoms with Crippen molar-refractivity contribution in [3.63, 3.8) is 0 Å². The van der Waals surface area contributed by atoms with Crippen LogP contribution in [0, 0.1) is 0 Å². The maximum Gasteiger partial charge on any atom is 1.00 e. The number of rotatable bonds is 0. The fourth-order valence-electron chi connectivity index (χ4n) is 0. The summed E-state index contributed by atoms with van der Waals surface area (Å²) >= 11 is -0.466. The molecule has 0 radical (unpaired) electrons. The molecule has 0 saturated heterocycles. The summed E-state index contributed by atoms with van der Waals surface area (Å²) in [7, 11) is 9.75. The van der Waals surface area contributed by atoms with Crippen molar-refractivity contribution in [1.29, 1.82) is 0 Å². The molecule has 0 nitrogen and oxygen atoms in total. The van der Waals surface area contributed by atoms with E-state index in [1.54, 1.807) is 0 Å². The van der Waals surface area contributed by atoms with E-state index >= 15 is 0 Å². The smallest absolute Gasteiger partial charge is 1.00 e. The maximum atomic E-state index is 4.87. The van der Waals surface area contributed by atoms with Crippen molar-refractivity contribution in [2.75, 3.05) is 0 Å². The minimum absolute atomic E-state index is 0. The van der Waals surface area contributed by atoms with Crippen LogP contribution in [0.3, 0.4) is 0 Å². The van der Waals surface area contributed by atoms with Crippen LogP contribution in [0.5, 0.6) is 0 Å². The van der Waals surface area contributed by atoms with Crippen LogP contribution in [0.1, 0.15) is 0 Å². The summed E-state index contributed by atoms with van der Waals surface area (Å²) in [6, 6.07) is 0. The molecule has 0 spiro atoms. The summed E-state index contributed by atoms with van der Waals surface area (Å²) in [4.78, 5) is 0. The van der Waals surface area contributed by atoms with Crippen LogP contribution in [0.2, 0.25) is 0 Å². The second-order valence-electron chi connectivity index (χ2n) is 0.0540. The minimum Gasteiger partial charge on any atom is 1.00 e. The van der Waals surface area contributed by atoms with Crippen molar-refractivity contribution in [2.45, 2.75) is 0 Å². The Morgan fingerprint density at radius 3 is 1.25 bits per heavy atom. The maximum absolute atomic E-state index is 4.87. The fraction of sp³-hybridized carbons (Fsp3) is 0. The van der Waals surface area contributed by atoms with E-state index in [4.69, 9.17) is 17.8 Å². The zero-order valence-electron chi connectivity index (χ0n) is 2.13. The first-order chi connectivity index (χ1) is 1.41. The SMILES string of the molecule is Cl[I-]Cl.[Na+]. The van der Waals surface area contributed by atoms with Crippen molar-refractivity contribution in [3.8, 4) is 0 Å². The van der Waals surface area contributed by atoms with Gasteiger partial charge in [-0.1, -0.05) is 0 Å². The van der Waals surface area contributed by atoms with Gasteiger partial charge in [0.15, 0.2) is 0 Å². The van der Waals surface area contributed by atoms with Gasteiger partial charge in [-0.25, -0.2) is 0 Å². The average Bonchev–Trinajstić information content (AvgIpc) is 0.918. The van der Waals surface area contributed by atoms with E-state index in [2.05, 4.69) is 0 Å². The summed E-state index contributed by atoms with van der Waals surface area (Å²) < 4.78 is 0. The third kappa shape index (κ3) is 8.85. The van der Waals surface area contributed by atoms with Crippen molar-refractivity contribution in [2.24, 2.45) is 0 Å². The van der Waals surface area contributed by atoms with Gasteiger partial charge in [0.2, 0.25) is 0 Å². The number of halogens is 3. The van der Waals surface area contributed by atoms with E-state index in [9.17, 15) is 0 Å². The van der Waals surface area contributed by atoms with E-state index in [1.165, 1.54) is 0 Å². The minimum atomic E-state index is -0.466. The quantitative estimate of drug-likeness (QED) is 0.285. The largest absolute Gasteiger partial charge is 1.00 e. The summed E-state index contributed by atoms with van der Waals surface area (Å²) in [5.74, 6) is 0. The summed E-state index contributed by atoms with van der Waals surface area (Å²) in [5, 5.41) is 0. The van der Waals surface area contributed by atoms with Crippen molar-refractivity contribution in [1.82, 2.24) is 0 Å². The summed E-state index contributed by atoms with van der Waals surface area (Å²) in [6.45, 7) is 0. The van der Waals surface area contributed by atoms with Gasteiger partial charge in [-0.05, 0) is 0 Å². The van der Waals surface area contributed by atoms with Gasteiger partial charge in [0.1, 0.15) is 0 Å². The Labute approximate surface area is 65.2 Å². The van der Waals surface area contributed by atoms with Gasteiger partial charge in [-0.15, -0.1) is 0 Å². The molecule has 0 aliphatic carbocycles. The van der Waals surface area contributed by atoms with Crippen LogP contribution in [0.15, 0.2) is 0 Å².